The monoisotopic (exact) mass is 444 g/mol. The Morgan fingerprint density at radius 1 is 0.844 bits per heavy atom. The molecular formula is C26H24N2O3S. The van der Waals surface area contributed by atoms with Gasteiger partial charge in [0.05, 0.1) is 10.6 Å². The Kier molecular flexibility index (Phi) is 5.72. The van der Waals surface area contributed by atoms with Crippen molar-refractivity contribution in [2.45, 2.75) is 18.7 Å². The molecule has 0 aliphatic carbocycles. The fraction of sp³-hybridized carbons (Fsp3) is 0.115. The summed E-state index contributed by atoms with van der Waals surface area (Å²) in [6.45, 7) is 3.73. The van der Waals surface area contributed by atoms with Crippen LogP contribution < -0.4 is 9.62 Å². The van der Waals surface area contributed by atoms with Crippen LogP contribution in [0.2, 0.25) is 0 Å². The molecule has 1 N–H and O–H groups in total. The number of hydrogen-bond donors (Lipinski definition) is 1. The summed E-state index contributed by atoms with van der Waals surface area (Å²) in [5, 5.41) is 4.92. The van der Waals surface area contributed by atoms with Gasteiger partial charge in [-0.2, -0.15) is 0 Å². The standard InChI is InChI=1S/C26H24N2O3S/c1-18-11-15-22(16-12-18)32(30,31)28(3)25-17-21(14-13-19(25)2)26(29)27-24-10-6-8-20-7-4-5-9-23(20)24/h4-17H,1-3H3,(H,27,29). The Bertz CT molecular complexity index is 1410. The van der Waals surface area contributed by atoms with Gasteiger partial charge in [-0.3, -0.25) is 9.10 Å². The molecule has 0 fully saturated rings. The largest absolute Gasteiger partial charge is 0.321 e. The minimum atomic E-state index is -3.76. The van der Waals surface area contributed by atoms with Crippen LogP contribution in [-0.2, 0) is 10.0 Å². The maximum Gasteiger partial charge on any atom is 0.264 e. The van der Waals surface area contributed by atoms with Gasteiger partial charge in [-0.1, -0.05) is 60.2 Å². The van der Waals surface area contributed by atoms with E-state index in [-0.39, 0.29) is 10.8 Å². The molecule has 0 atom stereocenters. The smallest absolute Gasteiger partial charge is 0.264 e. The van der Waals surface area contributed by atoms with E-state index in [1.807, 2.05) is 56.3 Å². The van der Waals surface area contributed by atoms with Crippen molar-refractivity contribution in [1.82, 2.24) is 0 Å². The molecule has 0 aromatic heterocycles. The number of nitrogens with one attached hydrogen (secondary N) is 1. The molecule has 0 bridgehead atoms. The van der Waals surface area contributed by atoms with Gasteiger partial charge in [0.2, 0.25) is 0 Å². The number of carbonyl (C=O) groups excluding carboxylic acids is 1. The Morgan fingerprint density at radius 3 is 2.28 bits per heavy atom. The van der Waals surface area contributed by atoms with Crippen molar-refractivity contribution in [2.75, 3.05) is 16.7 Å². The van der Waals surface area contributed by atoms with Crippen molar-refractivity contribution < 1.29 is 13.2 Å². The lowest BCUT2D eigenvalue weighted by Gasteiger charge is -2.22. The first kappa shape index (κ1) is 21.6. The fourth-order valence-electron chi connectivity index (χ4n) is 3.62. The Balaban J connectivity index is 1.66. The summed E-state index contributed by atoms with van der Waals surface area (Å²) in [5.74, 6) is -0.302. The lowest BCUT2D eigenvalue weighted by molar-refractivity contribution is 0.102. The highest BCUT2D eigenvalue weighted by atomic mass is 32.2. The summed E-state index contributed by atoms with van der Waals surface area (Å²) >= 11 is 0. The van der Waals surface area contributed by atoms with Crippen LogP contribution >= 0.6 is 0 Å². The van der Waals surface area contributed by atoms with Crippen LogP contribution in [0, 0.1) is 13.8 Å². The van der Waals surface area contributed by atoms with Gasteiger partial charge >= 0.3 is 0 Å². The summed E-state index contributed by atoms with van der Waals surface area (Å²) < 4.78 is 27.5. The zero-order valence-corrected chi connectivity index (χ0v) is 19.0. The van der Waals surface area contributed by atoms with Gasteiger partial charge in [0.25, 0.3) is 15.9 Å². The van der Waals surface area contributed by atoms with Gasteiger partial charge in [0, 0.05) is 23.7 Å². The minimum Gasteiger partial charge on any atom is -0.321 e. The highest BCUT2D eigenvalue weighted by Gasteiger charge is 2.23. The second-order valence-corrected chi connectivity index (χ2v) is 9.74. The van der Waals surface area contributed by atoms with E-state index >= 15 is 0 Å². The molecule has 1 amide bonds. The topological polar surface area (TPSA) is 66.5 Å². The first-order valence-corrected chi connectivity index (χ1v) is 11.7. The Morgan fingerprint density at radius 2 is 1.53 bits per heavy atom. The van der Waals surface area contributed by atoms with E-state index in [0.29, 0.717) is 16.9 Å². The number of sulfonamides is 1. The Labute approximate surface area is 188 Å². The summed E-state index contributed by atoms with van der Waals surface area (Å²) in [5.41, 5.74) is 3.27. The van der Waals surface area contributed by atoms with Crippen molar-refractivity contribution in [3.8, 4) is 0 Å². The second-order valence-electron chi connectivity index (χ2n) is 7.77. The normalized spacial score (nSPS) is 11.3. The molecule has 6 heteroatoms. The van der Waals surface area contributed by atoms with Crippen molar-refractivity contribution in [2.24, 2.45) is 0 Å². The number of aryl methyl sites for hydroxylation is 2. The molecule has 0 heterocycles. The van der Waals surface area contributed by atoms with Crippen LogP contribution in [0.3, 0.4) is 0 Å². The van der Waals surface area contributed by atoms with E-state index < -0.39 is 10.0 Å². The van der Waals surface area contributed by atoms with Crippen LogP contribution in [0.1, 0.15) is 21.5 Å². The molecule has 0 unspecified atom stereocenters. The SMILES string of the molecule is Cc1ccc(S(=O)(=O)N(C)c2cc(C(=O)Nc3cccc4ccccc34)ccc2C)cc1. The molecule has 0 saturated carbocycles. The number of fused-ring (bicyclic) bond motifs is 1. The molecule has 162 valence electrons. The van der Waals surface area contributed by atoms with Crippen molar-refractivity contribution >= 4 is 38.1 Å². The average molecular weight is 445 g/mol. The van der Waals surface area contributed by atoms with Gasteiger partial charge in [-0.25, -0.2) is 8.42 Å². The summed E-state index contributed by atoms with van der Waals surface area (Å²) in [6, 6.07) is 25.3. The van der Waals surface area contributed by atoms with Crippen LogP contribution in [-0.4, -0.2) is 21.4 Å². The predicted molar refractivity (Wildman–Crippen MR) is 130 cm³/mol. The number of benzene rings is 4. The fourth-order valence-corrected chi connectivity index (χ4v) is 4.87. The average Bonchev–Trinajstić information content (AvgIpc) is 2.79. The summed E-state index contributed by atoms with van der Waals surface area (Å²) in [7, 11) is -2.26. The first-order valence-electron chi connectivity index (χ1n) is 10.2. The van der Waals surface area contributed by atoms with Crippen molar-refractivity contribution in [3.05, 3.63) is 102 Å². The highest BCUT2D eigenvalue weighted by Crippen LogP contribution is 2.28. The molecule has 0 aliphatic rings. The van der Waals surface area contributed by atoms with Crippen LogP contribution in [0.25, 0.3) is 10.8 Å². The second kappa shape index (κ2) is 8.48. The molecular weight excluding hydrogens is 420 g/mol. The van der Waals surface area contributed by atoms with E-state index in [1.165, 1.54) is 11.4 Å². The molecule has 4 rings (SSSR count). The third-order valence-electron chi connectivity index (χ3n) is 5.53. The van der Waals surface area contributed by atoms with Gasteiger partial charge in [0.1, 0.15) is 0 Å². The van der Waals surface area contributed by atoms with Crippen LogP contribution in [0.5, 0.6) is 0 Å². The lowest BCUT2D eigenvalue weighted by atomic mass is 10.1. The summed E-state index contributed by atoms with van der Waals surface area (Å²) in [6.07, 6.45) is 0. The predicted octanol–water partition coefficient (Wildman–Crippen LogP) is 5.53. The van der Waals surface area contributed by atoms with Gasteiger partial charge in [-0.15, -0.1) is 0 Å². The molecule has 0 spiro atoms. The van der Waals surface area contributed by atoms with Gasteiger partial charge in [-0.05, 0) is 55.1 Å². The number of anilines is 2. The Hall–Kier alpha value is -3.64. The maximum absolute atomic E-state index is 13.1. The van der Waals surface area contributed by atoms with Crippen LogP contribution in [0.15, 0.2) is 89.8 Å². The number of amides is 1. The number of hydrogen-bond acceptors (Lipinski definition) is 3. The molecule has 0 aliphatic heterocycles. The minimum absolute atomic E-state index is 0.204. The number of carbonyl (C=O) groups is 1. The van der Waals surface area contributed by atoms with E-state index in [4.69, 9.17) is 0 Å². The van der Waals surface area contributed by atoms with Crippen molar-refractivity contribution in [1.29, 1.82) is 0 Å². The molecule has 0 saturated heterocycles. The molecule has 4 aromatic rings. The van der Waals surface area contributed by atoms with E-state index in [2.05, 4.69) is 5.32 Å². The number of nitrogens with zero attached hydrogens (tertiary/aromatic N) is 1. The first-order chi connectivity index (χ1) is 15.3. The van der Waals surface area contributed by atoms with Gasteiger partial charge < -0.3 is 5.32 Å². The quantitative estimate of drug-likeness (QED) is 0.440. The zero-order valence-electron chi connectivity index (χ0n) is 18.2. The molecule has 4 aromatic carbocycles. The number of rotatable bonds is 5. The third-order valence-corrected chi connectivity index (χ3v) is 7.31. The van der Waals surface area contributed by atoms with E-state index in [1.54, 1.807) is 42.5 Å². The third kappa shape index (κ3) is 4.09. The van der Waals surface area contributed by atoms with E-state index in [9.17, 15) is 13.2 Å². The van der Waals surface area contributed by atoms with Crippen LogP contribution in [0.4, 0.5) is 11.4 Å². The van der Waals surface area contributed by atoms with Gasteiger partial charge in [0.15, 0.2) is 0 Å². The van der Waals surface area contributed by atoms with Crippen molar-refractivity contribution in [3.63, 3.8) is 0 Å². The molecule has 0 radical (unpaired) electrons. The maximum atomic E-state index is 13.1. The zero-order chi connectivity index (χ0) is 22.9. The molecule has 32 heavy (non-hydrogen) atoms. The van der Waals surface area contributed by atoms with E-state index in [0.717, 1.165) is 21.9 Å². The summed E-state index contributed by atoms with van der Waals surface area (Å²) in [4.78, 5) is 13.2. The lowest BCUT2D eigenvalue weighted by Crippen LogP contribution is -2.27. The highest BCUT2D eigenvalue weighted by molar-refractivity contribution is 7.92. The molecule has 5 nitrogen and oxygen atoms in total.